The Labute approximate surface area is 152 Å². The lowest BCUT2D eigenvalue weighted by Gasteiger charge is -2.27. The van der Waals surface area contributed by atoms with Crippen molar-refractivity contribution in [2.24, 2.45) is 0 Å². The minimum absolute atomic E-state index is 0.392. The second-order valence-electron chi connectivity index (χ2n) is 5.84. The van der Waals surface area contributed by atoms with Crippen molar-refractivity contribution in [3.63, 3.8) is 0 Å². The van der Waals surface area contributed by atoms with Crippen LogP contribution in [0.5, 0.6) is 5.75 Å². The minimum Gasteiger partial charge on any atom is -0.497 e. The molecule has 0 saturated carbocycles. The molecule has 0 aliphatic carbocycles. The summed E-state index contributed by atoms with van der Waals surface area (Å²) in [6, 6.07) is 12.5. The van der Waals surface area contributed by atoms with Crippen LogP contribution in [0.25, 0.3) is 0 Å². The first-order valence-electron chi connectivity index (χ1n) is 8.22. The highest BCUT2D eigenvalue weighted by Gasteiger charge is 2.24. The summed E-state index contributed by atoms with van der Waals surface area (Å²) < 4.78 is 5.17. The summed E-state index contributed by atoms with van der Waals surface area (Å²) >= 11 is 7.27. The van der Waals surface area contributed by atoms with Gasteiger partial charge in [0.1, 0.15) is 5.75 Å². The highest BCUT2D eigenvalue weighted by Crippen LogP contribution is 2.27. The Morgan fingerprint density at radius 1 is 1.25 bits per heavy atom. The van der Waals surface area contributed by atoms with Crippen molar-refractivity contribution in [3.05, 3.63) is 46.7 Å². The van der Waals surface area contributed by atoms with E-state index in [0.717, 1.165) is 18.0 Å². The Balaban J connectivity index is 1.56. The molecule has 1 aliphatic heterocycles. The van der Waals surface area contributed by atoms with E-state index in [2.05, 4.69) is 33.0 Å². The van der Waals surface area contributed by atoms with Gasteiger partial charge in [0.2, 0.25) is 0 Å². The smallest absolute Gasteiger partial charge is 0.170 e. The number of benzene rings is 1. The molecule has 128 valence electrons. The van der Waals surface area contributed by atoms with Crippen LogP contribution in [-0.2, 0) is 0 Å². The quantitative estimate of drug-likeness (QED) is 0.764. The van der Waals surface area contributed by atoms with E-state index < -0.39 is 0 Å². The summed E-state index contributed by atoms with van der Waals surface area (Å²) in [7, 11) is 1.66. The predicted octanol–water partition coefficient (Wildman–Crippen LogP) is 3.88. The monoisotopic (exact) mass is 361 g/mol. The first-order chi connectivity index (χ1) is 11.8. The molecule has 24 heavy (non-hydrogen) atoms. The number of thiocarbonyl (C=S) groups is 1. The fourth-order valence-electron chi connectivity index (χ4n) is 2.98. The lowest BCUT2D eigenvalue weighted by atomic mass is 10.2. The number of rotatable bonds is 6. The molecule has 6 heteroatoms. The molecule has 0 spiro atoms. The van der Waals surface area contributed by atoms with Gasteiger partial charge >= 0.3 is 0 Å². The van der Waals surface area contributed by atoms with Gasteiger partial charge in [0, 0.05) is 17.1 Å². The van der Waals surface area contributed by atoms with Crippen molar-refractivity contribution in [1.82, 2.24) is 10.2 Å². The van der Waals surface area contributed by atoms with Crippen LogP contribution in [0.1, 0.15) is 23.8 Å². The Kier molecular flexibility index (Phi) is 6.07. The highest BCUT2D eigenvalue weighted by molar-refractivity contribution is 7.80. The summed E-state index contributed by atoms with van der Waals surface area (Å²) in [5.41, 5.74) is 0.960. The number of anilines is 1. The second kappa shape index (κ2) is 8.46. The number of methoxy groups -OCH3 is 1. The number of nitrogens with zero attached hydrogens (tertiary/aromatic N) is 1. The second-order valence-corrected chi connectivity index (χ2v) is 7.23. The number of nitrogens with one attached hydrogen (secondary N) is 2. The molecule has 1 saturated heterocycles. The van der Waals surface area contributed by atoms with Crippen molar-refractivity contribution < 1.29 is 4.74 Å². The average molecular weight is 362 g/mol. The standard InChI is InChI=1S/C18H23N3OS2/c1-22-15-8-6-14(7-9-15)20-18(23)19-13-16(17-5-4-12-24-17)21-10-2-3-11-21/h4-9,12,16H,2-3,10-11,13H2,1H3,(H2,19,20,23)/t16-/m1/s1. The third kappa shape index (κ3) is 4.47. The summed E-state index contributed by atoms with van der Waals surface area (Å²) in [6.45, 7) is 3.16. The number of likely N-dealkylation sites (tertiary alicyclic amines) is 1. The van der Waals surface area contributed by atoms with E-state index in [0.29, 0.717) is 11.2 Å². The lowest BCUT2D eigenvalue weighted by Crippen LogP contribution is -2.38. The topological polar surface area (TPSA) is 36.5 Å². The molecule has 0 bridgehead atoms. The summed E-state index contributed by atoms with van der Waals surface area (Å²) in [5.74, 6) is 0.839. The van der Waals surface area contributed by atoms with Crippen LogP contribution >= 0.6 is 23.6 Å². The molecule has 0 amide bonds. The third-order valence-electron chi connectivity index (χ3n) is 4.26. The first kappa shape index (κ1) is 17.2. The van der Waals surface area contributed by atoms with Gasteiger partial charge in [0.25, 0.3) is 0 Å². The van der Waals surface area contributed by atoms with Crippen molar-refractivity contribution >= 4 is 34.4 Å². The maximum absolute atomic E-state index is 5.45. The van der Waals surface area contributed by atoms with Crippen LogP contribution in [-0.4, -0.2) is 36.8 Å². The zero-order chi connectivity index (χ0) is 16.8. The van der Waals surface area contributed by atoms with Crippen molar-refractivity contribution in [2.75, 3.05) is 32.1 Å². The molecule has 1 aliphatic rings. The molecule has 1 aromatic carbocycles. The van der Waals surface area contributed by atoms with Gasteiger partial charge in [-0.1, -0.05) is 6.07 Å². The molecule has 0 radical (unpaired) electrons. The van der Waals surface area contributed by atoms with Crippen LogP contribution < -0.4 is 15.4 Å². The molecule has 1 fully saturated rings. The van der Waals surface area contributed by atoms with Crippen molar-refractivity contribution in [3.8, 4) is 5.75 Å². The average Bonchev–Trinajstić information content (AvgIpc) is 3.30. The molecule has 2 N–H and O–H groups in total. The van der Waals surface area contributed by atoms with Gasteiger partial charge in [-0.25, -0.2) is 0 Å². The molecular weight excluding hydrogens is 338 g/mol. The molecule has 2 heterocycles. The Morgan fingerprint density at radius 3 is 2.62 bits per heavy atom. The van der Waals surface area contributed by atoms with E-state index in [4.69, 9.17) is 17.0 Å². The number of ether oxygens (including phenoxy) is 1. The summed E-state index contributed by atoms with van der Waals surface area (Å²) in [4.78, 5) is 3.95. The zero-order valence-corrected chi connectivity index (χ0v) is 15.5. The van der Waals surface area contributed by atoms with Crippen LogP contribution in [0.15, 0.2) is 41.8 Å². The van der Waals surface area contributed by atoms with Gasteiger partial charge in [0.05, 0.1) is 13.2 Å². The maximum Gasteiger partial charge on any atom is 0.170 e. The predicted molar refractivity (Wildman–Crippen MR) is 105 cm³/mol. The van der Waals surface area contributed by atoms with E-state index >= 15 is 0 Å². The Bertz CT molecular complexity index is 637. The molecule has 0 unspecified atom stereocenters. The molecule has 1 atom stereocenters. The van der Waals surface area contributed by atoms with Crippen LogP contribution in [0.2, 0.25) is 0 Å². The van der Waals surface area contributed by atoms with E-state index in [1.807, 2.05) is 35.6 Å². The van der Waals surface area contributed by atoms with Gasteiger partial charge in [-0.2, -0.15) is 0 Å². The summed E-state index contributed by atoms with van der Waals surface area (Å²) in [6.07, 6.45) is 2.58. The van der Waals surface area contributed by atoms with Gasteiger partial charge in [-0.3, -0.25) is 4.90 Å². The fourth-order valence-corrected chi connectivity index (χ4v) is 4.04. The normalized spacial score (nSPS) is 15.9. The fraction of sp³-hybridized carbons (Fsp3) is 0.389. The van der Waals surface area contributed by atoms with E-state index in [9.17, 15) is 0 Å². The third-order valence-corrected chi connectivity index (χ3v) is 5.48. The van der Waals surface area contributed by atoms with Gasteiger partial charge in [-0.15, -0.1) is 11.3 Å². The van der Waals surface area contributed by atoms with Crippen molar-refractivity contribution in [1.29, 1.82) is 0 Å². The van der Waals surface area contributed by atoms with Gasteiger partial charge < -0.3 is 15.4 Å². The summed E-state index contributed by atoms with van der Waals surface area (Å²) in [5, 5.41) is 9.41. The maximum atomic E-state index is 5.45. The minimum atomic E-state index is 0.392. The molecule has 3 rings (SSSR count). The lowest BCUT2D eigenvalue weighted by molar-refractivity contribution is 0.249. The van der Waals surface area contributed by atoms with E-state index in [-0.39, 0.29) is 0 Å². The van der Waals surface area contributed by atoms with Crippen LogP contribution in [0, 0.1) is 0 Å². The first-order valence-corrected chi connectivity index (χ1v) is 9.51. The largest absolute Gasteiger partial charge is 0.497 e. The number of hydrogen-bond donors (Lipinski definition) is 2. The van der Waals surface area contributed by atoms with Crippen LogP contribution in [0.4, 0.5) is 5.69 Å². The highest BCUT2D eigenvalue weighted by atomic mass is 32.1. The SMILES string of the molecule is COc1ccc(NC(=S)NC[C@H](c2cccs2)N2CCCC2)cc1. The number of thiophene rings is 1. The Hall–Kier alpha value is -1.63. The zero-order valence-electron chi connectivity index (χ0n) is 13.8. The Morgan fingerprint density at radius 2 is 2.00 bits per heavy atom. The van der Waals surface area contributed by atoms with Gasteiger partial charge in [-0.05, 0) is 73.9 Å². The molecule has 2 aromatic rings. The van der Waals surface area contributed by atoms with Crippen molar-refractivity contribution in [2.45, 2.75) is 18.9 Å². The molecule has 4 nitrogen and oxygen atoms in total. The van der Waals surface area contributed by atoms with Gasteiger partial charge in [0.15, 0.2) is 5.11 Å². The molecule has 1 aromatic heterocycles. The van der Waals surface area contributed by atoms with Crippen LogP contribution in [0.3, 0.4) is 0 Å². The van der Waals surface area contributed by atoms with E-state index in [1.54, 1.807) is 7.11 Å². The van der Waals surface area contributed by atoms with E-state index in [1.165, 1.54) is 30.8 Å². The molecular formula is C18H23N3OS2. The number of hydrogen-bond acceptors (Lipinski definition) is 4.